The van der Waals surface area contributed by atoms with Crippen molar-refractivity contribution in [3.8, 4) is 0 Å². The number of hydrogen-bond acceptors (Lipinski definition) is 4. The zero-order valence-electron chi connectivity index (χ0n) is 11.4. The van der Waals surface area contributed by atoms with Crippen LogP contribution in [0, 0.1) is 0 Å². The van der Waals surface area contributed by atoms with Crippen molar-refractivity contribution in [3.63, 3.8) is 0 Å². The first kappa shape index (κ1) is 15.0. The number of aromatic nitrogens is 1. The molecule has 2 amide bonds. The number of carbonyl (C=O) groups is 1. The normalized spacial score (nSPS) is 10.9. The second-order valence-corrected chi connectivity index (χ2v) is 6.48. The highest BCUT2D eigenvalue weighted by atomic mass is 32.2. The summed E-state index contributed by atoms with van der Waals surface area (Å²) in [5, 5.41) is 5.31. The lowest BCUT2D eigenvalue weighted by atomic mass is 10.3. The van der Waals surface area contributed by atoms with Crippen LogP contribution in [0.1, 0.15) is 5.56 Å². The highest BCUT2D eigenvalue weighted by molar-refractivity contribution is 7.90. The summed E-state index contributed by atoms with van der Waals surface area (Å²) in [4.78, 5) is 15.9. The van der Waals surface area contributed by atoms with E-state index >= 15 is 0 Å². The number of amides is 2. The Morgan fingerprint density at radius 1 is 1.19 bits per heavy atom. The van der Waals surface area contributed by atoms with Gasteiger partial charge in [-0.3, -0.25) is 4.98 Å². The SMILES string of the molecule is CS(=O)(=O)c1ccc(NC(=O)NCc2cccnc2)cc1. The third-order valence-electron chi connectivity index (χ3n) is 2.72. The quantitative estimate of drug-likeness (QED) is 0.901. The number of carbonyl (C=O) groups excluding carboxylic acids is 1. The molecule has 1 aromatic carbocycles. The van der Waals surface area contributed by atoms with Crippen molar-refractivity contribution in [1.82, 2.24) is 10.3 Å². The predicted octanol–water partition coefficient (Wildman–Crippen LogP) is 1.81. The Morgan fingerprint density at radius 2 is 1.90 bits per heavy atom. The van der Waals surface area contributed by atoms with Crippen molar-refractivity contribution in [2.75, 3.05) is 11.6 Å². The van der Waals surface area contributed by atoms with E-state index in [4.69, 9.17) is 0 Å². The smallest absolute Gasteiger partial charge is 0.319 e. The molecule has 1 aromatic heterocycles. The van der Waals surface area contributed by atoms with Crippen LogP contribution in [0.2, 0.25) is 0 Å². The number of nitrogens with one attached hydrogen (secondary N) is 2. The third-order valence-corrected chi connectivity index (χ3v) is 3.84. The molecule has 0 aliphatic carbocycles. The number of benzene rings is 1. The second kappa shape index (κ2) is 6.36. The van der Waals surface area contributed by atoms with Crippen LogP contribution >= 0.6 is 0 Å². The molecule has 0 radical (unpaired) electrons. The van der Waals surface area contributed by atoms with Gasteiger partial charge in [0.2, 0.25) is 0 Å². The van der Waals surface area contributed by atoms with Crippen LogP contribution in [-0.2, 0) is 16.4 Å². The summed E-state index contributed by atoms with van der Waals surface area (Å²) in [5.41, 5.74) is 1.41. The molecule has 1 heterocycles. The first-order valence-corrected chi connectivity index (χ1v) is 8.08. The Morgan fingerprint density at radius 3 is 2.48 bits per heavy atom. The van der Waals surface area contributed by atoms with Crippen LogP contribution < -0.4 is 10.6 Å². The van der Waals surface area contributed by atoms with Gasteiger partial charge in [0.1, 0.15) is 0 Å². The summed E-state index contributed by atoms with van der Waals surface area (Å²) >= 11 is 0. The summed E-state index contributed by atoms with van der Waals surface area (Å²) in [6.45, 7) is 0.362. The van der Waals surface area contributed by atoms with E-state index < -0.39 is 9.84 Å². The average Bonchev–Trinajstić information content (AvgIpc) is 2.46. The third kappa shape index (κ3) is 4.57. The van der Waals surface area contributed by atoms with Crippen LogP contribution in [0.4, 0.5) is 10.5 Å². The minimum atomic E-state index is -3.23. The number of pyridine rings is 1. The van der Waals surface area contributed by atoms with Crippen molar-refractivity contribution >= 4 is 21.6 Å². The summed E-state index contributed by atoms with van der Waals surface area (Å²) in [6.07, 6.45) is 4.46. The van der Waals surface area contributed by atoms with E-state index in [0.717, 1.165) is 11.8 Å². The lowest BCUT2D eigenvalue weighted by Gasteiger charge is -2.08. The lowest BCUT2D eigenvalue weighted by molar-refractivity contribution is 0.251. The fourth-order valence-electron chi connectivity index (χ4n) is 1.65. The van der Waals surface area contributed by atoms with Gasteiger partial charge in [-0.1, -0.05) is 6.07 Å². The summed E-state index contributed by atoms with van der Waals surface area (Å²) in [5.74, 6) is 0. The van der Waals surface area contributed by atoms with Gasteiger partial charge >= 0.3 is 6.03 Å². The van der Waals surface area contributed by atoms with Gasteiger partial charge in [-0.15, -0.1) is 0 Å². The molecule has 7 heteroatoms. The Kier molecular flexibility index (Phi) is 4.54. The van der Waals surface area contributed by atoms with Gasteiger partial charge in [0.05, 0.1) is 4.90 Å². The van der Waals surface area contributed by atoms with Crippen LogP contribution in [-0.4, -0.2) is 25.7 Å². The molecule has 0 aliphatic heterocycles. The average molecular weight is 305 g/mol. The van der Waals surface area contributed by atoms with Crippen molar-refractivity contribution in [1.29, 1.82) is 0 Å². The number of sulfone groups is 1. The Balaban J connectivity index is 1.91. The van der Waals surface area contributed by atoms with E-state index in [1.807, 2.05) is 6.07 Å². The molecular formula is C14H15N3O3S. The fraction of sp³-hybridized carbons (Fsp3) is 0.143. The van der Waals surface area contributed by atoms with E-state index in [0.29, 0.717) is 12.2 Å². The van der Waals surface area contributed by atoms with E-state index in [2.05, 4.69) is 15.6 Å². The van der Waals surface area contributed by atoms with Gasteiger partial charge in [0, 0.05) is 30.9 Å². The molecule has 0 saturated carbocycles. The predicted molar refractivity (Wildman–Crippen MR) is 79.6 cm³/mol. The monoisotopic (exact) mass is 305 g/mol. The van der Waals surface area contributed by atoms with Crippen LogP contribution in [0.15, 0.2) is 53.7 Å². The largest absolute Gasteiger partial charge is 0.334 e. The summed E-state index contributed by atoms with van der Waals surface area (Å²) < 4.78 is 22.6. The topological polar surface area (TPSA) is 88.2 Å². The summed E-state index contributed by atoms with van der Waals surface area (Å²) in [6, 6.07) is 9.26. The molecule has 0 unspecified atom stereocenters. The molecule has 0 spiro atoms. The van der Waals surface area contributed by atoms with Crippen LogP contribution in [0.5, 0.6) is 0 Å². The molecule has 2 N–H and O–H groups in total. The van der Waals surface area contributed by atoms with E-state index in [9.17, 15) is 13.2 Å². The van der Waals surface area contributed by atoms with E-state index in [-0.39, 0.29) is 10.9 Å². The standard InChI is InChI=1S/C14H15N3O3S/c1-21(19,20)13-6-4-12(5-7-13)17-14(18)16-10-11-3-2-8-15-9-11/h2-9H,10H2,1H3,(H2,16,17,18). The molecule has 0 fully saturated rings. The number of urea groups is 1. The van der Waals surface area contributed by atoms with Crippen molar-refractivity contribution in [2.45, 2.75) is 11.4 Å². The Hall–Kier alpha value is -2.41. The number of rotatable bonds is 4. The molecule has 0 aliphatic rings. The van der Waals surface area contributed by atoms with E-state index in [1.165, 1.54) is 12.1 Å². The maximum atomic E-state index is 11.7. The van der Waals surface area contributed by atoms with Gasteiger partial charge in [-0.2, -0.15) is 0 Å². The molecule has 6 nitrogen and oxygen atoms in total. The van der Waals surface area contributed by atoms with Crippen molar-refractivity contribution < 1.29 is 13.2 Å². The Bertz CT molecular complexity index is 713. The first-order valence-electron chi connectivity index (χ1n) is 6.19. The van der Waals surface area contributed by atoms with Gasteiger partial charge in [-0.25, -0.2) is 13.2 Å². The molecule has 2 rings (SSSR count). The summed E-state index contributed by atoms with van der Waals surface area (Å²) in [7, 11) is -3.23. The second-order valence-electron chi connectivity index (χ2n) is 4.47. The van der Waals surface area contributed by atoms with E-state index in [1.54, 1.807) is 30.6 Å². The van der Waals surface area contributed by atoms with Gasteiger partial charge in [0.15, 0.2) is 9.84 Å². The molecule has 110 valence electrons. The van der Waals surface area contributed by atoms with Crippen molar-refractivity contribution in [3.05, 3.63) is 54.4 Å². The molecule has 0 atom stereocenters. The highest BCUT2D eigenvalue weighted by Crippen LogP contribution is 2.13. The number of anilines is 1. The lowest BCUT2D eigenvalue weighted by Crippen LogP contribution is -2.28. The first-order chi connectivity index (χ1) is 9.95. The molecule has 0 saturated heterocycles. The van der Waals surface area contributed by atoms with Gasteiger partial charge in [0.25, 0.3) is 0 Å². The Labute approximate surface area is 123 Å². The maximum absolute atomic E-state index is 11.7. The highest BCUT2D eigenvalue weighted by Gasteiger charge is 2.07. The fourth-order valence-corrected chi connectivity index (χ4v) is 2.28. The van der Waals surface area contributed by atoms with Gasteiger partial charge in [-0.05, 0) is 35.9 Å². The maximum Gasteiger partial charge on any atom is 0.319 e. The number of hydrogen-bond donors (Lipinski definition) is 2. The molecule has 0 bridgehead atoms. The van der Waals surface area contributed by atoms with Gasteiger partial charge < -0.3 is 10.6 Å². The minimum absolute atomic E-state index is 0.212. The molecule has 21 heavy (non-hydrogen) atoms. The van der Waals surface area contributed by atoms with Crippen LogP contribution in [0.3, 0.4) is 0 Å². The molecular weight excluding hydrogens is 290 g/mol. The van der Waals surface area contributed by atoms with Crippen molar-refractivity contribution in [2.24, 2.45) is 0 Å². The zero-order chi connectivity index (χ0) is 15.3. The number of nitrogens with zero attached hydrogens (tertiary/aromatic N) is 1. The minimum Gasteiger partial charge on any atom is -0.334 e. The molecule has 2 aromatic rings. The van der Waals surface area contributed by atoms with Crippen LogP contribution in [0.25, 0.3) is 0 Å². The zero-order valence-corrected chi connectivity index (χ0v) is 12.2.